The van der Waals surface area contributed by atoms with Crippen LogP contribution in [0.4, 0.5) is 0 Å². The summed E-state index contributed by atoms with van der Waals surface area (Å²) >= 11 is 4.17. The van der Waals surface area contributed by atoms with E-state index < -0.39 is 6.72 Å². The lowest BCUT2D eigenvalue weighted by Crippen LogP contribution is -2.16. The molecular weight excluding hydrogens is 355 g/mol. The molecule has 0 fully saturated rings. The predicted octanol–water partition coefficient (Wildman–Crippen LogP) is 5.96. The highest BCUT2D eigenvalue weighted by atomic mass is 32.5. The molecule has 5 nitrogen and oxygen atoms in total. The largest absolute Gasteiger partial charge is 0.812 e. The van der Waals surface area contributed by atoms with Gasteiger partial charge >= 0.3 is 0 Å². The summed E-state index contributed by atoms with van der Waals surface area (Å²) < 4.78 is 4.56. The van der Waals surface area contributed by atoms with Crippen LogP contribution in [0.2, 0.25) is 0 Å². The van der Waals surface area contributed by atoms with Gasteiger partial charge in [-0.1, -0.05) is 110 Å². The van der Waals surface area contributed by atoms with Crippen molar-refractivity contribution in [2.75, 3.05) is 6.61 Å². The van der Waals surface area contributed by atoms with E-state index in [1.165, 1.54) is 89.9 Å². The van der Waals surface area contributed by atoms with Gasteiger partial charge in [-0.05, 0) is 6.42 Å². The molecule has 0 amide bonds. The molecule has 8 N–H and O–H groups in total. The van der Waals surface area contributed by atoms with Crippen LogP contribution in [0.1, 0.15) is 110 Å². The first-order valence-corrected chi connectivity index (χ1v) is 12.3. The van der Waals surface area contributed by atoms with Crippen molar-refractivity contribution < 1.29 is 14.3 Å². The highest BCUT2D eigenvalue weighted by Crippen LogP contribution is 2.25. The molecule has 0 saturated heterocycles. The van der Waals surface area contributed by atoms with Crippen molar-refractivity contribution in [1.82, 2.24) is 12.3 Å². The van der Waals surface area contributed by atoms with Gasteiger partial charge in [0.05, 0.1) is 0 Å². The fourth-order valence-corrected chi connectivity index (χ4v) is 3.40. The van der Waals surface area contributed by atoms with Crippen molar-refractivity contribution in [2.45, 2.75) is 110 Å². The summed E-state index contributed by atoms with van der Waals surface area (Å²) in [4.78, 5) is 21.2. The molecule has 25 heavy (non-hydrogen) atoms. The maximum atomic E-state index is 10.6. The Hall–Kier alpha value is 0.450. The number of rotatable bonds is 18. The minimum absolute atomic E-state index is 0. The Labute approximate surface area is 161 Å². The van der Waals surface area contributed by atoms with Crippen LogP contribution in [0.25, 0.3) is 0 Å². The average Bonchev–Trinajstić information content (AvgIpc) is 2.49. The second-order valence-corrected chi connectivity index (χ2v) is 9.08. The minimum Gasteiger partial charge on any atom is -0.812 e. The molecular formula is C18H45N2O3PS. The highest BCUT2D eigenvalue weighted by Gasteiger charge is 1.95. The highest BCUT2D eigenvalue weighted by molar-refractivity contribution is 8.05. The van der Waals surface area contributed by atoms with Gasteiger partial charge in [-0.3, -0.25) is 0 Å². The molecule has 0 rings (SSSR count). The second-order valence-electron chi connectivity index (χ2n) is 6.58. The van der Waals surface area contributed by atoms with Gasteiger partial charge in [0, 0.05) is 6.61 Å². The van der Waals surface area contributed by atoms with Crippen LogP contribution in [0.5, 0.6) is 0 Å². The topological polar surface area (TPSA) is 128 Å². The van der Waals surface area contributed by atoms with E-state index in [0.717, 1.165) is 12.8 Å². The normalized spacial score (nSPS) is 11.0. The van der Waals surface area contributed by atoms with Crippen LogP contribution in [-0.2, 0) is 16.3 Å². The second kappa shape index (κ2) is 22.5. The van der Waals surface area contributed by atoms with Crippen LogP contribution >= 0.6 is 6.72 Å². The van der Waals surface area contributed by atoms with Crippen LogP contribution in [-0.4, -0.2) is 6.61 Å². The number of hydrogen-bond acceptors (Lipinski definition) is 4. The molecule has 156 valence electrons. The predicted molar refractivity (Wildman–Crippen MR) is 112 cm³/mol. The molecule has 0 aliphatic rings. The van der Waals surface area contributed by atoms with Gasteiger partial charge in [0.15, 0.2) is 0 Å². The van der Waals surface area contributed by atoms with E-state index in [2.05, 4.69) is 23.3 Å². The molecule has 0 radical (unpaired) electrons. The zero-order valence-corrected chi connectivity index (χ0v) is 18.8. The molecule has 0 saturated carbocycles. The molecule has 0 unspecified atom stereocenters. The van der Waals surface area contributed by atoms with Gasteiger partial charge in [-0.25, -0.2) is 0 Å². The quantitative estimate of drug-likeness (QED) is 0.217. The Morgan fingerprint density at radius 3 is 1.16 bits per heavy atom. The Morgan fingerprint density at radius 1 is 0.600 bits per heavy atom. The van der Waals surface area contributed by atoms with Gasteiger partial charge in [0.2, 0.25) is 0 Å². The van der Waals surface area contributed by atoms with E-state index in [1.807, 2.05) is 0 Å². The number of quaternary nitrogens is 2. The summed E-state index contributed by atoms with van der Waals surface area (Å²) in [5, 5.41) is 0. The number of hydrogen-bond donors (Lipinski definition) is 2. The third-order valence-electron chi connectivity index (χ3n) is 4.25. The molecule has 0 aromatic heterocycles. The van der Waals surface area contributed by atoms with Gasteiger partial charge in [-0.2, -0.15) is 0 Å². The smallest absolute Gasteiger partial charge is 0.0486 e. The van der Waals surface area contributed by atoms with E-state index in [0.29, 0.717) is 0 Å². The van der Waals surface area contributed by atoms with E-state index in [1.54, 1.807) is 0 Å². The monoisotopic (exact) mass is 400 g/mol. The first kappa shape index (κ1) is 30.2. The average molecular weight is 401 g/mol. The molecule has 7 heteroatoms. The summed E-state index contributed by atoms with van der Waals surface area (Å²) in [6.45, 7) is -1.40. The van der Waals surface area contributed by atoms with Gasteiger partial charge < -0.3 is 26.6 Å². The van der Waals surface area contributed by atoms with E-state index >= 15 is 0 Å². The fourth-order valence-electron chi connectivity index (χ4n) is 2.83. The Balaban J connectivity index is -0.00000242. The standard InChI is InChI=1S/C18H39O3PS.2H3N/c1-2-3-4-5-6-7-8-9-10-11-12-13-14-15-16-17-18-21-22(19,20)23;;/h2-18H2,1H3,(H2,19,20,23);2*1H3. The third kappa shape index (κ3) is 29.5. The first-order chi connectivity index (χ1) is 11.1. The summed E-state index contributed by atoms with van der Waals surface area (Å²) in [6, 6.07) is 0. The van der Waals surface area contributed by atoms with Crippen LogP contribution in [0.15, 0.2) is 0 Å². The molecule has 0 aromatic rings. The van der Waals surface area contributed by atoms with Crippen LogP contribution < -0.4 is 22.1 Å². The molecule has 0 atom stereocenters. The molecule has 0 bridgehead atoms. The van der Waals surface area contributed by atoms with Crippen molar-refractivity contribution in [3.8, 4) is 0 Å². The zero-order valence-electron chi connectivity index (χ0n) is 17.1. The lowest BCUT2D eigenvalue weighted by Gasteiger charge is -2.34. The van der Waals surface area contributed by atoms with E-state index in [-0.39, 0.29) is 18.9 Å². The first-order valence-electron chi connectivity index (χ1n) is 9.73. The summed E-state index contributed by atoms with van der Waals surface area (Å²) in [5.74, 6) is 0. The maximum absolute atomic E-state index is 10.6. The van der Waals surface area contributed by atoms with Crippen molar-refractivity contribution >= 4 is 18.5 Å². The van der Waals surface area contributed by atoms with Crippen molar-refractivity contribution in [3.63, 3.8) is 0 Å². The minimum atomic E-state index is -3.92. The van der Waals surface area contributed by atoms with Crippen molar-refractivity contribution in [3.05, 3.63) is 0 Å². The SMILES string of the molecule is CCCCCCCCCCCCCCCCCCOP([O-])([O-])=S.[NH4+].[NH4+]. The molecule has 0 aliphatic carbocycles. The summed E-state index contributed by atoms with van der Waals surface area (Å²) in [6.07, 6.45) is 20.9. The Morgan fingerprint density at radius 2 is 0.880 bits per heavy atom. The van der Waals surface area contributed by atoms with Crippen molar-refractivity contribution in [1.29, 1.82) is 0 Å². The van der Waals surface area contributed by atoms with E-state index in [9.17, 15) is 9.79 Å². The number of unbranched alkanes of at least 4 members (excludes halogenated alkanes) is 15. The Bertz CT molecular complexity index is 291. The van der Waals surface area contributed by atoms with Crippen LogP contribution in [0.3, 0.4) is 0 Å². The third-order valence-corrected chi connectivity index (χ3v) is 5.06. The van der Waals surface area contributed by atoms with Crippen molar-refractivity contribution in [2.24, 2.45) is 0 Å². The molecule has 0 spiro atoms. The van der Waals surface area contributed by atoms with Crippen LogP contribution in [0, 0.1) is 0 Å². The molecule has 0 aliphatic heterocycles. The fraction of sp³-hybridized carbons (Fsp3) is 1.00. The van der Waals surface area contributed by atoms with Gasteiger partial charge in [-0.15, -0.1) is 11.8 Å². The molecule has 0 heterocycles. The summed E-state index contributed by atoms with van der Waals surface area (Å²) in [7, 11) is 0. The maximum Gasteiger partial charge on any atom is 0.0486 e. The zero-order chi connectivity index (χ0) is 17.2. The van der Waals surface area contributed by atoms with Gasteiger partial charge in [0.1, 0.15) is 0 Å². The summed E-state index contributed by atoms with van der Waals surface area (Å²) in [5.41, 5.74) is 0. The van der Waals surface area contributed by atoms with Gasteiger partial charge in [0.25, 0.3) is 0 Å². The van der Waals surface area contributed by atoms with E-state index in [4.69, 9.17) is 0 Å². The lowest BCUT2D eigenvalue weighted by molar-refractivity contribution is -0.321. The lowest BCUT2D eigenvalue weighted by atomic mass is 10.0. The molecule has 0 aromatic carbocycles. The Kier molecular flexibility index (Phi) is 27.2.